The van der Waals surface area contributed by atoms with Crippen molar-refractivity contribution < 1.29 is 13.7 Å². The molecule has 1 aromatic carbocycles. The van der Waals surface area contributed by atoms with Crippen LogP contribution >= 0.6 is 23.4 Å². The summed E-state index contributed by atoms with van der Waals surface area (Å²) < 4.78 is 10.9. The first kappa shape index (κ1) is 33.4. The number of nitrogens with one attached hydrogen (secondary N) is 1. The van der Waals surface area contributed by atoms with Crippen LogP contribution in [0.1, 0.15) is 27.2 Å². The highest BCUT2D eigenvalue weighted by molar-refractivity contribution is 7.98. The molecule has 0 saturated carbocycles. The summed E-state index contributed by atoms with van der Waals surface area (Å²) in [5, 5.41) is 15.1. The monoisotopic (exact) mass is 548 g/mol. The van der Waals surface area contributed by atoms with E-state index < -0.39 is 0 Å². The van der Waals surface area contributed by atoms with Gasteiger partial charge in [-0.3, -0.25) is 9.78 Å². The number of hydrogen-bond acceptors (Lipinski definition) is 11. The van der Waals surface area contributed by atoms with Gasteiger partial charge >= 0.3 is 0 Å². The molecule has 0 radical (unpaired) electrons. The molecule has 0 saturated heterocycles. The Kier molecular flexibility index (Phi) is 17.7. The number of carbonyl (C=O) groups excluding carboxylic acids is 1. The average molecular weight is 549 g/mol. The van der Waals surface area contributed by atoms with Crippen LogP contribution in [-0.4, -0.2) is 57.9 Å². The number of pyridine rings is 1. The Hall–Kier alpha value is -3.61. The van der Waals surface area contributed by atoms with E-state index in [1.54, 1.807) is 55.8 Å². The van der Waals surface area contributed by atoms with Gasteiger partial charge in [-0.2, -0.15) is 4.98 Å². The number of aliphatic imine (C=N–C) groups is 1. The minimum atomic E-state index is -0.272. The van der Waals surface area contributed by atoms with E-state index in [1.807, 2.05) is 13.8 Å². The number of carbonyl (C=O) groups is 1. The summed E-state index contributed by atoms with van der Waals surface area (Å²) in [6, 6.07) is 10.6. The number of thioether (sulfide) groups is 1. The molecular weight excluding hydrogens is 516 g/mol. The van der Waals surface area contributed by atoms with Crippen LogP contribution in [-0.2, 0) is 10.5 Å². The van der Waals surface area contributed by atoms with Gasteiger partial charge in [-0.1, -0.05) is 38.2 Å². The van der Waals surface area contributed by atoms with Crippen LogP contribution in [0.3, 0.4) is 0 Å². The van der Waals surface area contributed by atoms with Crippen LogP contribution < -0.4 is 11.1 Å². The quantitative estimate of drug-likeness (QED) is 0.178. The number of amides is 1. The van der Waals surface area contributed by atoms with E-state index in [4.69, 9.17) is 20.5 Å². The lowest BCUT2D eigenvalue weighted by atomic mass is 10.2. The molecule has 0 bridgehead atoms. The van der Waals surface area contributed by atoms with Crippen LogP contribution in [0.2, 0.25) is 0 Å². The SMILES string of the molecule is C.C=NC.CC.CN.O=C(CCl)Nc1ccc(-c2noc(CSc3nnc(-c4ccncc4)o3)n2)cc1. The first-order valence-electron chi connectivity index (χ1n) is 10.7. The Balaban J connectivity index is 0.00000148. The van der Waals surface area contributed by atoms with Crippen molar-refractivity contribution in [1.29, 1.82) is 0 Å². The molecule has 13 heteroatoms. The van der Waals surface area contributed by atoms with Gasteiger partial charge < -0.3 is 25.0 Å². The summed E-state index contributed by atoms with van der Waals surface area (Å²) in [4.78, 5) is 22.9. The number of nitrogens with two attached hydrogens (primary N) is 1. The number of anilines is 1. The molecule has 0 aliphatic carbocycles. The summed E-state index contributed by atoms with van der Waals surface area (Å²) >= 11 is 6.77. The number of hydrogen-bond donors (Lipinski definition) is 2. The number of aromatic nitrogens is 5. The van der Waals surface area contributed by atoms with Crippen LogP contribution in [0.5, 0.6) is 0 Å². The summed E-state index contributed by atoms with van der Waals surface area (Å²) in [6.07, 6.45) is 3.31. The average Bonchev–Trinajstić information content (AvgIpc) is 3.61. The summed E-state index contributed by atoms with van der Waals surface area (Å²) in [6.45, 7) is 7.11. The fraction of sp³-hybridized carbons (Fsp3) is 0.292. The largest absolute Gasteiger partial charge is 0.411 e. The fourth-order valence-electron chi connectivity index (χ4n) is 2.33. The third-order valence-corrected chi connectivity index (χ3v) is 4.72. The van der Waals surface area contributed by atoms with Crippen molar-refractivity contribution in [3.63, 3.8) is 0 Å². The number of nitrogens with zero attached hydrogens (tertiary/aromatic N) is 6. The molecule has 4 rings (SSSR count). The zero-order valence-electron chi connectivity index (χ0n) is 20.5. The van der Waals surface area contributed by atoms with E-state index in [2.05, 4.69) is 48.1 Å². The van der Waals surface area contributed by atoms with Crippen LogP contribution in [0.25, 0.3) is 22.8 Å². The highest BCUT2D eigenvalue weighted by Gasteiger charge is 2.13. The van der Waals surface area contributed by atoms with E-state index in [0.29, 0.717) is 34.3 Å². The number of benzene rings is 1. The predicted molar refractivity (Wildman–Crippen MR) is 150 cm³/mol. The number of halogens is 1. The lowest BCUT2D eigenvalue weighted by molar-refractivity contribution is -0.113. The van der Waals surface area contributed by atoms with Crippen molar-refractivity contribution in [2.24, 2.45) is 10.7 Å². The molecule has 3 heterocycles. The standard InChI is InChI=1S/C18H13ClN6O3S.C2H5N.C2H6.CH5N.CH4/c19-9-14(26)21-13-3-1-11(2-4-13)16-22-15(28-25-16)10-29-18-24-23-17(27-18)12-5-7-20-8-6-12;1-3-2;2*1-2;/h1-8H,9-10H2,(H,21,26);1H2,2H3;1-2H3;2H2,1H3;1H4. The maximum atomic E-state index is 11.3. The topological polar surface area (TPSA) is 158 Å². The second-order valence-corrected chi connectivity index (χ2v) is 7.18. The highest BCUT2D eigenvalue weighted by Crippen LogP contribution is 2.26. The second-order valence-electron chi connectivity index (χ2n) is 5.98. The Morgan fingerprint density at radius 1 is 1.11 bits per heavy atom. The maximum Gasteiger partial charge on any atom is 0.277 e. The van der Waals surface area contributed by atoms with E-state index in [9.17, 15) is 4.79 Å². The van der Waals surface area contributed by atoms with Gasteiger partial charge in [-0.05, 0) is 50.2 Å². The first-order chi connectivity index (χ1) is 17.6. The smallest absolute Gasteiger partial charge is 0.277 e. The summed E-state index contributed by atoms with van der Waals surface area (Å²) in [5.74, 6) is 1.30. The molecule has 0 spiro atoms. The van der Waals surface area contributed by atoms with Gasteiger partial charge in [0, 0.05) is 36.3 Å². The van der Waals surface area contributed by atoms with Gasteiger partial charge in [0.15, 0.2) is 0 Å². The third kappa shape index (κ3) is 11.3. The molecule has 0 aliphatic rings. The van der Waals surface area contributed by atoms with Crippen molar-refractivity contribution in [2.45, 2.75) is 32.2 Å². The Labute approximate surface area is 226 Å². The van der Waals surface area contributed by atoms with E-state index >= 15 is 0 Å². The van der Waals surface area contributed by atoms with Crippen molar-refractivity contribution in [2.75, 3.05) is 25.3 Å². The normalized spacial score (nSPS) is 9.14. The first-order valence-corrected chi connectivity index (χ1v) is 12.2. The van der Waals surface area contributed by atoms with E-state index in [-0.39, 0.29) is 19.2 Å². The zero-order chi connectivity index (χ0) is 26.8. The van der Waals surface area contributed by atoms with Gasteiger partial charge in [-0.15, -0.1) is 21.8 Å². The Bertz CT molecular complexity index is 1150. The Morgan fingerprint density at radius 2 is 1.73 bits per heavy atom. The van der Waals surface area contributed by atoms with Gasteiger partial charge in [0.25, 0.3) is 5.22 Å². The van der Waals surface area contributed by atoms with Gasteiger partial charge in [0.1, 0.15) is 5.88 Å². The molecule has 0 aliphatic heterocycles. The van der Waals surface area contributed by atoms with Gasteiger partial charge in [0.05, 0.1) is 5.75 Å². The van der Waals surface area contributed by atoms with Crippen molar-refractivity contribution in [3.05, 3.63) is 54.7 Å². The lowest BCUT2D eigenvalue weighted by Crippen LogP contribution is -2.12. The van der Waals surface area contributed by atoms with Crippen LogP contribution in [0, 0.1) is 0 Å². The molecule has 0 fully saturated rings. The second kappa shape index (κ2) is 19.6. The Morgan fingerprint density at radius 3 is 2.32 bits per heavy atom. The number of rotatable bonds is 7. The zero-order valence-corrected chi connectivity index (χ0v) is 22.1. The van der Waals surface area contributed by atoms with Crippen molar-refractivity contribution >= 4 is 41.7 Å². The molecule has 3 aromatic heterocycles. The highest BCUT2D eigenvalue weighted by atomic mass is 35.5. The molecule has 1 amide bonds. The molecule has 0 atom stereocenters. The van der Waals surface area contributed by atoms with E-state index in [0.717, 1.165) is 11.1 Å². The van der Waals surface area contributed by atoms with Crippen LogP contribution in [0.15, 0.2) is 67.9 Å². The molecule has 200 valence electrons. The molecule has 4 aromatic rings. The van der Waals surface area contributed by atoms with E-state index in [1.165, 1.54) is 18.8 Å². The van der Waals surface area contributed by atoms with Gasteiger partial charge in [0.2, 0.25) is 23.5 Å². The minimum absolute atomic E-state index is 0. The molecule has 3 N–H and O–H groups in total. The maximum absolute atomic E-state index is 11.3. The fourth-order valence-corrected chi connectivity index (χ4v) is 3.00. The van der Waals surface area contributed by atoms with Crippen molar-refractivity contribution in [1.82, 2.24) is 25.3 Å². The predicted octanol–water partition coefficient (Wildman–Crippen LogP) is 5.21. The molecule has 11 nitrogen and oxygen atoms in total. The summed E-state index contributed by atoms with van der Waals surface area (Å²) in [7, 11) is 3.14. The van der Waals surface area contributed by atoms with Crippen LogP contribution in [0.4, 0.5) is 5.69 Å². The van der Waals surface area contributed by atoms with Gasteiger partial charge in [-0.25, -0.2) is 0 Å². The van der Waals surface area contributed by atoms with Crippen molar-refractivity contribution in [3.8, 4) is 22.8 Å². The third-order valence-electron chi connectivity index (χ3n) is 3.67. The summed E-state index contributed by atoms with van der Waals surface area (Å²) in [5.41, 5.74) is 6.69. The molecular formula is C24H33ClN8O3S. The molecule has 0 unspecified atom stereocenters. The number of alkyl halides is 1. The lowest BCUT2D eigenvalue weighted by Gasteiger charge is -2.02. The minimum Gasteiger partial charge on any atom is -0.411 e. The molecule has 37 heavy (non-hydrogen) atoms.